The second kappa shape index (κ2) is 3.92. The van der Waals surface area contributed by atoms with E-state index in [0.717, 1.165) is 5.39 Å². The van der Waals surface area contributed by atoms with Gasteiger partial charge < -0.3 is 15.5 Å². The van der Waals surface area contributed by atoms with Crippen molar-refractivity contribution in [3.05, 3.63) is 42.3 Å². The van der Waals surface area contributed by atoms with Crippen LogP contribution in [0.15, 0.2) is 40.9 Å². The third kappa shape index (κ3) is 1.80. The minimum atomic E-state index is -0.339. The lowest BCUT2D eigenvalue weighted by Gasteiger charge is -1.97. The first-order valence-electron chi connectivity index (χ1n) is 5.32. The first-order chi connectivity index (χ1) is 8.72. The molecule has 0 saturated carbocycles. The number of rotatable bonds is 2. The number of aromatic amines is 1. The highest BCUT2D eigenvalue weighted by molar-refractivity contribution is 6.04. The van der Waals surface area contributed by atoms with Crippen LogP contribution in [0.1, 0.15) is 10.6 Å². The van der Waals surface area contributed by atoms with Crippen LogP contribution < -0.4 is 11.1 Å². The Morgan fingerprint density at radius 1 is 1.33 bits per heavy atom. The molecule has 2 heterocycles. The number of nitrogen functional groups attached to an aromatic ring is 1. The number of hydrogen-bond donors (Lipinski definition) is 3. The third-order valence-electron chi connectivity index (χ3n) is 2.51. The van der Waals surface area contributed by atoms with Gasteiger partial charge in [0.1, 0.15) is 11.4 Å². The van der Waals surface area contributed by atoms with E-state index in [2.05, 4.69) is 15.5 Å². The number of furan rings is 1. The van der Waals surface area contributed by atoms with Crippen molar-refractivity contribution in [3.63, 3.8) is 0 Å². The fourth-order valence-electron chi connectivity index (χ4n) is 1.68. The van der Waals surface area contributed by atoms with E-state index in [1.165, 1.54) is 0 Å². The quantitative estimate of drug-likeness (QED) is 0.598. The lowest BCUT2D eigenvalue weighted by Crippen LogP contribution is -2.10. The van der Waals surface area contributed by atoms with Crippen LogP contribution in [-0.4, -0.2) is 16.1 Å². The van der Waals surface area contributed by atoms with Crippen LogP contribution >= 0.6 is 0 Å². The number of nitrogens with two attached hydrogens (primary N) is 1. The molecule has 4 N–H and O–H groups in total. The van der Waals surface area contributed by atoms with Gasteiger partial charge in [-0.2, -0.15) is 5.10 Å². The summed E-state index contributed by atoms with van der Waals surface area (Å²) in [5, 5.41) is 9.80. The number of anilines is 2. The molecule has 3 rings (SSSR count). The van der Waals surface area contributed by atoms with Gasteiger partial charge >= 0.3 is 0 Å². The van der Waals surface area contributed by atoms with Crippen molar-refractivity contribution < 1.29 is 9.21 Å². The van der Waals surface area contributed by atoms with Gasteiger partial charge in [0.2, 0.25) is 0 Å². The first-order valence-corrected chi connectivity index (χ1v) is 5.32. The predicted molar refractivity (Wildman–Crippen MR) is 67.2 cm³/mol. The second-order valence-corrected chi connectivity index (χ2v) is 3.83. The maximum absolute atomic E-state index is 11.9. The standard InChI is InChI=1S/C12H10N4O2/c13-8-1-2-9-7(5-8)6-10(18-9)12(17)15-11-3-4-14-16-11/h1-6H,13H2,(H2,14,15,16,17). The Morgan fingerprint density at radius 2 is 2.22 bits per heavy atom. The molecule has 0 fully saturated rings. The fraction of sp³-hybridized carbons (Fsp3) is 0. The second-order valence-electron chi connectivity index (χ2n) is 3.83. The lowest BCUT2D eigenvalue weighted by molar-refractivity contribution is 0.0998. The fourth-order valence-corrected chi connectivity index (χ4v) is 1.68. The molecular weight excluding hydrogens is 232 g/mol. The average molecular weight is 242 g/mol. The van der Waals surface area contributed by atoms with Crippen LogP contribution in [-0.2, 0) is 0 Å². The average Bonchev–Trinajstić information content (AvgIpc) is 2.96. The van der Waals surface area contributed by atoms with Gasteiger partial charge in [-0.05, 0) is 24.3 Å². The molecule has 0 saturated heterocycles. The molecule has 3 aromatic rings. The highest BCUT2D eigenvalue weighted by Gasteiger charge is 2.12. The van der Waals surface area contributed by atoms with E-state index in [0.29, 0.717) is 17.1 Å². The molecule has 0 aliphatic carbocycles. The molecule has 0 aliphatic rings. The van der Waals surface area contributed by atoms with Crippen molar-refractivity contribution in [2.24, 2.45) is 0 Å². The zero-order valence-corrected chi connectivity index (χ0v) is 9.31. The number of amides is 1. The van der Waals surface area contributed by atoms with Crippen molar-refractivity contribution in [1.82, 2.24) is 10.2 Å². The van der Waals surface area contributed by atoms with Crippen LogP contribution in [0.2, 0.25) is 0 Å². The zero-order valence-electron chi connectivity index (χ0n) is 9.31. The largest absolute Gasteiger partial charge is 0.451 e. The molecule has 0 bridgehead atoms. The van der Waals surface area contributed by atoms with Crippen molar-refractivity contribution in [3.8, 4) is 0 Å². The molecule has 90 valence electrons. The molecule has 0 radical (unpaired) electrons. The number of carbonyl (C=O) groups is 1. The lowest BCUT2D eigenvalue weighted by atomic mass is 10.2. The molecule has 0 spiro atoms. The molecule has 0 unspecified atom stereocenters. The highest BCUT2D eigenvalue weighted by atomic mass is 16.3. The summed E-state index contributed by atoms with van der Waals surface area (Å²) in [5.74, 6) is 0.402. The predicted octanol–water partition coefficient (Wildman–Crippen LogP) is 1.99. The SMILES string of the molecule is Nc1ccc2oc(C(=O)Nc3ccn[nH]3)cc2c1. The molecule has 6 heteroatoms. The summed E-state index contributed by atoms with van der Waals surface area (Å²) in [6.07, 6.45) is 1.55. The molecule has 0 atom stereocenters. The number of benzene rings is 1. The molecule has 2 aromatic heterocycles. The maximum atomic E-state index is 11.9. The van der Waals surface area contributed by atoms with Gasteiger partial charge in [0.15, 0.2) is 5.76 Å². The van der Waals surface area contributed by atoms with Gasteiger partial charge in [-0.15, -0.1) is 0 Å². The summed E-state index contributed by atoms with van der Waals surface area (Å²) in [4.78, 5) is 11.9. The van der Waals surface area contributed by atoms with Crippen molar-refractivity contribution >= 4 is 28.4 Å². The van der Waals surface area contributed by atoms with E-state index in [1.54, 1.807) is 36.5 Å². The topological polar surface area (TPSA) is 96.9 Å². The number of carbonyl (C=O) groups excluding carboxylic acids is 1. The number of H-pyrrole nitrogens is 1. The molecule has 1 aromatic carbocycles. The van der Waals surface area contributed by atoms with E-state index in [9.17, 15) is 4.79 Å². The summed E-state index contributed by atoms with van der Waals surface area (Å²) in [6.45, 7) is 0. The van der Waals surface area contributed by atoms with Crippen LogP contribution in [0.4, 0.5) is 11.5 Å². The molecular formula is C12H10N4O2. The van der Waals surface area contributed by atoms with Crippen molar-refractivity contribution in [1.29, 1.82) is 0 Å². The maximum Gasteiger partial charge on any atom is 0.292 e. The summed E-state index contributed by atoms with van der Waals surface area (Å²) in [6, 6.07) is 8.52. The van der Waals surface area contributed by atoms with Gasteiger partial charge in [0, 0.05) is 17.1 Å². The summed E-state index contributed by atoms with van der Waals surface area (Å²) in [7, 11) is 0. The Kier molecular flexibility index (Phi) is 2.26. The number of aromatic nitrogens is 2. The molecule has 1 amide bonds. The summed E-state index contributed by atoms with van der Waals surface area (Å²) < 4.78 is 5.43. The van der Waals surface area contributed by atoms with Gasteiger partial charge in [-0.1, -0.05) is 0 Å². The number of hydrogen-bond acceptors (Lipinski definition) is 4. The van der Waals surface area contributed by atoms with Crippen LogP contribution in [0.5, 0.6) is 0 Å². The minimum Gasteiger partial charge on any atom is -0.451 e. The first kappa shape index (κ1) is 10.4. The van der Waals surface area contributed by atoms with Crippen LogP contribution in [0.3, 0.4) is 0 Å². The van der Waals surface area contributed by atoms with E-state index in [1.807, 2.05) is 0 Å². The van der Waals surface area contributed by atoms with Gasteiger partial charge in [0.05, 0.1) is 6.20 Å². The number of nitrogens with zero attached hydrogens (tertiary/aromatic N) is 1. The summed E-state index contributed by atoms with van der Waals surface area (Å²) in [5.41, 5.74) is 6.92. The normalized spacial score (nSPS) is 10.7. The van der Waals surface area contributed by atoms with E-state index < -0.39 is 0 Å². The highest BCUT2D eigenvalue weighted by Crippen LogP contribution is 2.22. The molecule has 6 nitrogen and oxygen atoms in total. The summed E-state index contributed by atoms with van der Waals surface area (Å²) >= 11 is 0. The Bertz CT molecular complexity index is 700. The zero-order chi connectivity index (χ0) is 12.5. The molecule has 0 aliphatic heterocycles. The van der Waals surface area contributed by atoms with Crippen molar-refractivity contribution in [2.45, 2.75) is 0 Å². The van der Waals surface area contributed by atoms with Crippen LogP contribution in [0.25, 0.3) is 11.0 Å². The van der Waals surface area contributed by atoms with E-state index in [-0.39, 0.29) is 11.7 Å². The van der Waals surface area contributed by atoms with E-state index in [4.69, 9.17) is 10.2 Å². The monoisotopic (exact) mass is 242 g/mol. The number of fused-ring (bicyclic) bond motifs is 1. The van der Waals surface area contributed by atoms with Crippen LogP contribution in [0, 0.1) is 0 Å². The Balaban J connectivity index is 1.92. The van der Waals surface area contributed by atoms with Gasteiger partial charge in [0.25, 0.3) is 5.91 Å². The third-order valence-corrected chi connectivity index (χ3v) is 2.51. The smallest absolute Gasteiger partial charge is 0.292 e. The minimum absolute atomic E-state index is 0.227. The van der Waals surface area contributed by atoms with Gasteiger partial charge in [-0.3, -0.25) is 9.89 Å². The van der Waals surface area contributed by atoms with Gasteiger partial charge in [-0.25, -0.2) is 0 Å². The Morgan fingerprint density at radius 3 is 3.00 bits per heavy atom. The Hall–Kier alpha value is -2.76. The number of nitrogens with one attached hydrogen (secondary N) is 2. The Labute approximate surface area is 102 Å². The molecule has 18 heavy (non-hydrogen) atoms. The van der Waals surface area contributed by atoms with Crippen molar-refractivity contribution in [2.75, 3.05) is 11.1 Å². The van der Waals surface area contributed by atoms with E-state index >= 15 is 0 Å².